The second-order valence-corrected chi connectivity index (χ2v) is 5.82. The number of carbonyl (C=O) groups is 1. The first-order valence-corrected chi connectivity index (χ1v) is 7.27. The van der Waals surface area contributed by atoms with Crippen LogP contribution in [0.15, 0.2) is 0 Å². The third-order valence-corrected chi connectivity index (χ3v) is 3.94. The Labute approximate surface area is 116 Å². The maximum Gasteiger partial charge on any atom is 0.237 e. The normalized spacial score (nSPS) is 27.4. The van der Waals surface area contributed by atoms with Gasteiger partial charge in [-0.25, -0.2) is 0 Å². The minimum atomic E-state index is -0.529. The molecule has 1 saturated carbocycles. The SMILES string of the molecule is CCOCCN(C)C1CCC(NC(C)C)(C(N)=O)C1. The van der Waals surface area contributed by atoms with E-state index in [1.54, 1.807) is 0 Å². The highest BCUT2D eigenvalue weighted by atomic mass is 16.5. The summed E-state index contributed by atoms with van der Waals surface area (Å²) in [5, 5.41) is 3.37. The van der Waals surface area contributed by atoms with Gasteiger partial charge in [0.15, 0.2) is 0 Å². The molecule has 5 nitrogen and oxygen atoms in total. The second-order valence-electron chi connectivity index (χ2n) is 5.82. The van der Waals surface area contributed by atoms with Gasteiger partial charge in [0.05, 0.1) is 12.1 Å². The number of amides is 1. The molecule has 0 saturated heterocycles. The highest BCUT2D eigenvalue weighted by molar-refractivity contribution is 5.85. The molecule has 1 rings (SSSR count). The number of carbonyl (C=O) groups excluding carboxylic acids is 1. The summed E-state index contributed by atoms with van der Waals surface area (Å²) in [4.78, 5) is 14.1. The lowest BCUT2D eigenvalue weighted by Gasteiger charge is -2.31. The third-order valence-electron chi connectivity index (χ3n) is 3.94. The predicted molar refractivity (Wildman–Crippen MR) is 77.0 cm³/mol. The Kier molecular flexibility index (Phi) is 6.23. The Balaban J connectivity index is 2.55. The number of nitrogens with one attached hydrogen (secondary N) is 1. The van der Waals surface area contributed by atoms with Gasteiger partial charge in [0.1, 0.15) is 0 Å². The van der Waals surface area contributed by atoms with E-state index in [1.165, 1.54) is 0 Å². The molecular weight excluding hydrogens is 242 g/mol. The zero-order valence-corrected chi connectivity index (χ0v) is 12.7. The Morgan fingerprint density at radius 3 is 2.79 bits per heavy atom. The molecular formula is C14H29N3O2. The van der Waals surface area contributed by atoms with Gasteiger partial charge >= 0.3 is 0 Å². The highest BCUT2D eigenvalue weighted by Gasteiger charge is 2.45. The van der Waals surface area contributed by atoms with Gasteiger partial charge in [-0.3, -0.25) is 4.79 Å². The van der Waals surface area contributed by atoms with E-state index in [0.717, 1.165) is 39.0 Å². The Morgan fingerprint density at radius 2 is 2.26 bits per heavy atom. The number of ether oxygens (including phenoxy) is 1. The van der Waals surface area contributed by atoms with Crippen molar-refractivity contribution in [3.8, 4) is 0 Å². The van der Waals surface area contributed by atoms with Crippen molar-refractivity contribution in [2.75, 3.05) is 26.8 Å². The van der Waals surface area contributed by atoms with Crippen molar-refractivity contribution in [3.63, 3.8) is 0 Å². The van der Waals surface area contributed by atoms with Crippen molar-refractivity contribution in [2.24, 2.45) is 5.73 Å². The average molecular weight is 271 g/mol. The summed E-state index contributed by atoms with van der Waals surface area (Å²) in [6.45, 7) is 8.49. The number of hydrogen-bond acceptors (Lipinski definition) is 4. The zero-order chi connectivity index (χ0) is 14.5. The molecule has 1 aliphatic rings. The van der Waals surface area contributed by atoms with Crippen LogP contribution in [0.4, 0.5) is 0 Å². The van der Waals surface area contributed by atoms with Crippen molar-refractivity contribution < 1.29 is 9.53 Å². The number of primary amides is 1. The average Bonchev–Trinajstić information content (AvgIpc) is 2.74. The van der Waals surface area contributed by atoms with Crippen LogP contribution in [0.5, 0.6) is 0 Å². The molecule has 2 atom stereocenters. The van der Waals surface area contributed by atoms with Gasteiger partial charge in [0.2, 0.25) is 5.91 Å². The molecule has 5 heteroatoms. The Morgan fingerprint density at radius 1 is 1.58 bits per heavy atom. The maximum atomic E-state index is 11.8. The zero-order valence-electron chi connectivity index (χ0n) is 12.7. The highest BCUT2D eigenvalue weighted by Crippen LogP contribution is 2.33. The van der Waals surface area contributed by atoms with Crippen LogP contribution >= 0.6 is 0 Å². The van der Waals surface area contributed by atoms with E-state index in [-0.39, 0.29) is 11.9 Å². The molecule has 2 unspecified atom stereocenters. The van der Waals surface area contributed by atoms with Crippen LogP contribution in [-0.4, -0.2) is 55.2 Å². The number of hydrogen-bond donors (Lipinski definition) is 2. The summed E-state index contributed by atoms with van der Waals surface area (Å²) in [6.07, 6.45) is 2.62. The van der Waals surface area contributed by atoms with E-state index >= 15 is 0 Å². The Hall–Kier alpha value is -0.650. The standard InChI is InChI=1S/C14H29N3O2/c1-5-19-9-8-17(4)12-6-7-14(10-12,13(15)18)16-11(2)3/h11-12,16H,5-10H2,1-4H3,(H2,15,18). The number of rotatable bonds is 8. The van der Waals surface area contributed by atoms with Gasteiger partial charge in [-0.2, -0.15) is 0 Å². The predicted octanol–water partition coefficient (Wildman–Crippen LogP) is 0.729. The van der Waals surface area contributed by atoms with Crippen LogP contribution in [0.3, 0.4) is 0 Å². The maximum absolute atomic E-state index is 11.8. The van der Waals surface area contributed by atoms with Gasteiger partial charge in [0.25, 0.3) is 0 Å². The summed E-state index contributed by atoms with van der Waals surface area (Å²) in [5.74, 6) is -0.220. The van der Waals surface area contributed by atoms with Gasteiger partial charge in [-0.15, -0.1) is 0 Å². The first kappa shape index (κ1) is 16.4. The summed E-state index contributed by atoms with van der Waals surface area (Å²) in [6, 6.07) is 0.666. The lowest BCUT2D eigenvalue weighted by molar-refractivity contribution is -0.124. The van der Waals surface area contributed by atoms with Crippen LogP contribution in [0.25, 0.3) is 0 Å². The molecule has 1 aliphatic carbocycles. The van der Waals surface area contributed by atoms with Crippen molar-refractivity contribution in [1.82, 2.24) is 10.2 Å². The Bertz CT molecular complexity index is 296. The van der Waals surface area contributed by atoms with E-state index in [9.17, 15) is 4.79 Å². The number of nitrogens with zero attached hydrogens (tertiary/aromatic N) is 1. The number of nitrogens with two attached hydrogens (primary N) is 1. The van der Waals surface area contributed by atoms with E-state index in [0.29, 0.717) is 6.04 Å². The molecule has 1 amide bonds. The van der Waals surface area contributed by atoms with Crippen molar-refractivity contribution >= 4 is 5.91 Å². The fourth-order valence-electron chi connectivity index (χ4n) is 2.91. The minimum absolute atomic E-state index is 0.220. The fraction of sp³-hybridized carbons (Fsp3) is 0.929. The largest absolute Gasteiger partial charge is 0.380 e. The van der Waals surface area contributed by atoms with Gasteiger partial charge < -0.3 is 20.7 Å². The molecule has 0 aliphatic heterocycles. The van der Waals surface area contributed by atoms with E-state index in [2.05, 4.69) is 31.1 Å². The monoisotopic (exact) mass is 271 g/mol. The quantitative estimate of drug-likeness (QED) is 0.639. The van der Waals surface area contributed by atoms with Crippen LogP contribution < -0.4 is 11.1 Å². The van der Waals surface area contributed by atoms with Gasteiger partial charge in [-0.05, 0) is 47.1 Å². The number of likely N-dealkylation sites (N-methyl/N-ethyl adjacent to an activating group) is 1. The molecule has 0 aromatic heterocycles. The van der Waals surface area contributed by atoms with Crippen LogP contribution in [0, 0.1) is 0 Å². The van der Waals surface area contributed by atoms with Crippen LogP contribution in [-0.2, 0) is 9.53 Å². The third kappa shape index (κ3) is 4.44. The molecule has 0 aromatic carbocycles. The summed E-state index contributed by atoms with van der Waals surface area (Å²) < 4.78 is 5.38. The molecule has 1 fully saturated rings. The van der Waals surface area contributed by atoms with E-state index < -0.39 is 5.54 Å². The minimum Gasteiger partial charge on any atom is -0.380 e. The molecule has 0 aromatic rings. The molecule has 19 heavy (non-hydrogen) atoms. The lowest BCUT2D eigenvalue weighted by atomic mass is 9.95. The first-order chi connectivity index (χ1) is 8.91. The molecule has 112 valence electrons. The smallest absolute Gasteiger partial charge is 0.237 e. The molecule has 0 radical (unpaired) electrons. The van der Waals surface area contributed by atoms with Crippen LogP contribution in [0.1, 0.15) is 40.0 Å². The van der Waals surface area contributed by atoms with Crippen molar-refractivity contribution in [2.45, 2.75) is 57.7 Å². The van der Waals surface area contributed by atoms with Crippen LogP contribution in [0.2, 0.25) is 0 Å². The van der Waals surface area contributed by atoms with Crippen molar-refractivity contribution in [3.05, 3.63) is 0 Å². The summed E-state index contributed by atoms with van der Waals surface area (Å²) in [7, 11) is 2.09. The first-order valence-electron chi connectivity index (χ1n) is 7.27. The fourth-order valence-corrected chi connectivity index (χ4v) is 2.91. The lowest BCUT2D eigenvalue weighted by Crippen LogP contribution is -2.56. The van der Waals surface area contributed by atoms with E-state index in [4.69, 9.17) is 10.5 Å². The summed E-state index contributed by atoms with van der Waals surface area (Å²) in [5.41, 5.74) is 5.09. The molecule has 0 heterocycles. The topological polar surface area (TPSA) is 67.6 Å². The molecule has 3 N–H and O–H groups in total. The van der Waals surface area contributed by atoms with Gasteiger partial charge in [-0.1, -0.05) is 0 Å². The van der Waals surface area contributed by atoms with Gasteiger partial charge in [0, 0.05) is 25.2 Å². The second kappa shape index (κ2) is 7.22. The summed E-state index contributed by atoms with van der Waals surface area (Å²) >= 11 is 0. The molecule has 0 bridgehead atoms. The van der Waals surface area contributed by atoms with Crippen molar-refractivity contribution in [1.29, 1.82) is 0 Å². The van der Waals surface area contributed by atoms with E-state index in [1.807, 2.05) is 6.92 Å². The molecule has 0 spiro atoms.